The molecule has 2 nitrogen and oxygen atoms in total. The summed E-state index contributed by atoms with van der Waals surface area (Å²) in [5.74, 6) is 0.702. The Morgan fingerprint density at radius 3 is 2.37 bits per heavy atom. The first-order valence-corrected chi connectivity index (χ1v) is 6.76. The fraction of sp³-hybridized carbons (Fsp3) is 0.353. The van der Waals surface area contributed by atoms with Crippen LogP contribution in [0.15, 0.2) is 36.5 Å². The molecule has 0 unspecified atom stereocenters. The Bertz CT molecular complexity index is 579. The van der Waals surface area contributed by atoms with Gasteiger partial charge in [-0.15, -0.1) is 0 Å². The van der Waals surface area contributed by atoms with Gasteiger partial charge in [-0.25, -0.2) is 0 Å². The Morgan fingerprint density at radius 1 is 1.21 bits per heavy atom. The lowest BCUT2D eigenvalue weighted by Crippen LogP contribution is -2.06. The minimum absolute atomic E-state index is 0.138. The van der Waals surface area contributed by atoms with E-state index in [1.807, 2.05) is 25.1 Å². The molecule has 1 aromatic carbocycles. The third-order valence-corrected chi connectivity index (χ3v) is 3.35. The summed E-state index contributed by atoms with van der Waals surface area (Å²) in [4.78, 5) is 11.9. The molecular weight excluding hydrogens is 234 g/mol. The minimum Gasteiger partial charge on any atom is -0.350 e. The molecule has 0 N–H and O–H groups in total. The van der Waals surface area contributed by atoms with Gasteiger partial charge >= 0.3 is 0 Å². The number of carbonyl (C=O) groups is 1. The molecule has 0 saturated heterocycles. The van der Waals surface area contributed by atoms with E-state index in [-0.39, 0.29) is 5.78 Å². The van der Waals surface area contributed by atoms with Crippen LogP contribution in [0.4, 0.5) is 0 Å². The first-order valence-electron chi connectivity index (χ1n) is 6.76. The predicted octanol–water partition coefficient (Wildman–Crippen LogP) is 4.32. The van der Waals surface area contributed by atoms with Gasteiger partial charge in [0, 0.05) is 29.6 Å². The molecule has 2 aromatic rings. The predicted molar refractivity (Wildman–Crippen MR) is 79.4 cm³/mol. The van der Waals surface area contributed by atoms with Crippen LogP contribution in [0.3, 0.4) is 0 Å². The molecule has 1 heterocycles. The fourth-order valence-corrected chi connectivity index (χ4v) is 2.52. The van der Waals surface area contributed by atoms with Crippen molar-refractivity contribution in [1.82, 2.24) is 4.57 Å². The van der Waals surface area contributed by atoms with Gasteiger partial charge in [-0.2, -0.15) is 0 Å². The van der Waals surface area contributed by atoms with Crippen molar-refractivity contribution in [1.29, 1.82) is 0 Å². The smallest absolute Gasteiger partial charge is 0.162 e. The van der Waals surface area contributed by atoms with Gasteiger partial charge in [0.1, 0.15) is 0 Å². The van der Waals surface area contributed by atoms with Crippen molar-refractivity contribution in [3.63, 3.8) is 0 Å². The molecule has 0 spiro atoms. The molecule has 19 heavy (non-hydrogen) atoms. The van der Waals surface area contributed by atoms with Gasteiger partial charge in [-0.3, -0.25) is 4.79 Å². The molecule has 2 heteroatoms. The van der Waals surface area contributed by atoms with Gasteiger partial charge in [0.2, 0.25) is 0 Å². The zero-order valence-corrected chi connectivity index (χ0v) is 12.1. The van der Waals surface area contributed by atoms with E-state index in [1.165, 1.54) is 0 Å². The van der Waals surface area contributed by atoms with E-state index in [0.717, 1.165) is 28.9 Å². The van der Waals surface area contributed by atoms with Gasteiger partial charge in [0.05, 0.1) is 0 Å². The van der Waals surface area contributed by atoms with Crippen LogP contribution in [-0.4, -0.2) is 10.4 Å². The van der Waals surface area contributed by atoms with Crippen molar-refractivity contribution in [2.45, 2.75) is 34.2 Å². The summed E-state index contributed by atoms with van der Waals surface area (Å²) < 4.78 is 2.20. The van der Waals surface area contributed by atoms with E-state index < -0.39 is 0 Å². The van der Waals surface area contributed by atoms with E-state index in [4.69, 9.17) is 0 Å². The minimum atomic E-state index is 0.138. The van der Waals surface area contributed by atoms with Gasteiger partial charge in [-0.1, -0.05) is 44.2 Å². The van der Waals surface area contributed by atoms with Crippen LogP contribution in [0.25, 0.3) is 11.1 Å². The highest BCUT2D eigenvalue weighted by molar-refractivity contribution is 6.02. The van der Waals surface area contributed by atoms with E-state index >= 15 is 0 Å². The van der Waals surface area contributed by atoms with Crippen molar-refractivity contribution in [2.75, 3.05) is 0 Å². The average Bonchev–Trinajstić information content (AvgIpc) is 2.67. The normalized spacial score (nSPS) is 11.0. The summed E-state index contributed by atoms with van der Waals surface area (Å²) in [5.41, 5.74) is 4.08. The SMILES string of the molecule is CC(=O)c1c(-c2ccccc2)cn(CC(C)C)c1C. The lowest BCUT2D eigenvalue weighted by atomic mass is 10.0. The summed E-state index contributed by atoms with van der Waals surface area (Å²) >= 11 is 0. The summed E-state index contributed by atoms with van der Waals surface area (Å²) in [5, 5.41) is 0. The van der Waals surface area contributed by atoms with Crippen LogP contribution in [0, 0.1) is 12.8 Å². The van der Waals surface area contributed by atoms with Gasteiger partial charge in [0.15, 0.2) is 5.78 Å². The number of hydrogen-bond donors (Lipinski definition) is 0. The third kappa shape index (κ3) is 2.78. The second-order valence-electron chi connectivity index (χ2n) is 5.47. The topological polar surface area (TPSA) is 22.0 Å². The van der Waals surface area contributed by atoms with Crippen LogP contribution in [0.1, 0.15) is 36.8 Å². The zero-order chi connectivity index (χ0) is 14.0. The molecule has 0 atom stereocenters. The highest BCUT2D eigenvalue weighted by atomic mass is 16.1. The Hall–Kier alpha value is -1.83. The Morgan fingerprint density at radius 2 is 1.84 bits per heavy atom. The molecule has 100 valence electrons. The molecule has 0 amide bonds. The molecule has 0 fully saturated rings. The van der Waals surface area contributed by atoms with Crippen LogP contribution >= 0.6 is 0 Å². The molecule has 1 aromatic heterocycles. The molecule has 0 aliphatic carbocycles. The number of Topliss-reactive ketones (excluding diaryl/α,β-unsaturated/α-hetero) is 1. The molecule has 0 saturated carbocycles. The first kappa shape index (κ1) is 13.6. The second kappa shape index (κ2) is 5.43. The van der Waals surface area contributed by atoms with E-state index in [1.54, 1.807) is 6.92 Å². The van der Waals surface area contributed by atoms with Gasteiger partial charge in [-0.05, 0) is 25.3 Å². The fourth-order valence-electron chi connectivity index (χ4n) is 2.52. The van der Waals surface area contributed by atoms with Crippen molar-refractivity contribution >= 4 is 5.78 Å². The van der Waals surface area contributed by atoms with E-state index in [0.29, 0.717) is 5.92 Å². The molecule has 2 rings (SSSR count). The molecule has 0 radical (unpaired) electrons. The van der Waals surface area contributed by atoms with Crippen molar-refractivity contribution in [2.24, 2.45) is 5.92 Å². The molecule has 0 bridgehead atoms. The Balaban J connectivity index is 2.57. The van der Waals surface area contributed by atoms with Crippen molar-refractivity contribution < 1.29 is 4.79 Å². The number of benzene rings is 1. The summed E-state index contributed by atoms with van der Waals surface area (Å²) in [6, 6.07) is 10.1. The van der Waals surface area contributed by atoms with E-state index in [9.17, 15) is 4.79 Å². The number of rotatable bonds is 4. The maximum absolute atomic E-state index is 11.9. The van der Waals surface area contributed by atoms with Crippen molar-refractivity contribution in [3.8, 4) is 11.1 Å². The van der Waals surface area contributed by atoms with Gasteiger partial charge in [0.25, 0.3) is 0 Å². The van der Waals surface area contributed by atoms with E-state index in [2.05, 4.69) is 36.7 Å². The highest BCUT2D eigenvalue weighted by Gasteiger charge is 2.17. The molecular formula is C17H21NO. The van der Waals surface area contributed by atoms with Crippen LogP contribution < -0.4 is 0 Å². The highest BCUT2D eigenvalue weighted by Crippen LogP contribution is 2.29. The largest absolute Gasteiger partial charge is 0.350 e. The maximum atomic E-state index is 11.9. The number of aromatic nitrogens is 1. The Labute approximate surface area is 115 Å². The van der Waals surface area contributed by atoms with Crippen LogP contribution in [-0.2, 0) is 6.54 Å². The lowest BCUT2D eigenvalue weighted by Gasteiger charge is -2.09. The molecule has 0 aliphatic rings. The summed E-state index contributed by atoms with van der Waals surface area (Å²) in [7, 11) is 0. The third-order valence-electron chi connectivity index (χ3n) is 3.35. The quantitative estimate of drug-likeness (QED) is 0.746. The number of nitrogens with zero attached hydrogens (tertiary/aromatic N) is 1. The summed E-state index contributed by atoms with van der Waals surface area (Å²) in [6.45, 7) is 9.00. The molecule has 0 aliphatic heterocycles. The standard InChI is InChI=1S/C17H21NO/c1-12(2)10-18-11-16(15-8-6-5-7-9-15)17(13(18)3)14(4)19/h5-9,11-12H,10H2,1-4H3. The number of carbonyl (C=O) groups excluding carboxylic acids is 1. The maximum Gasteiger partial charge on any atom is 0.162 e. The van der Waals surface area contributed by atoms with Crippen molar-refractivity contribution in [3.05, 3.63) is 47.8 Å². The lowest BCUT2D eigenvalue weighted by molar-refractivity contribution is 0.101. The first-order chi connectivity index (χ1) is 9.00. The number of ketones is 1. The van der Waals surface area contributed by atoms with Crippen LogP contribution in [0.5, 0.6) is 0 Å². The van der Waals surface area contributed by atoms with Gasteiger partial charge < -0.3 is 4.57 Å². The Kier molecular flexibility index (Phi) is 3.89. The number of hydrogen-bond acceptors (Lipinski definition) is 1. The van der Waals surface area contributed by atoms with Crippen LogP contribution in [0.2, 0.25) is 0 Å². The monoisotopic (exact) mass is 255 g/mol. The zero-order valence-electron chi connectivity index (χ0n) is 12.1. The summed E-state index contributed by atoms with van der Waals surface area (Å²) in [6.07, 6.45) is 2.11. The second-order valence-corrected chi connectivity index (χ2v) is 5.47. The average molecular weight is 255 g/mol.